The Bertz CT molecular complexity index is 1430. The van der Waals surface area contributed by atoms with Crippen LogP contribution in [0.1, 0.15) is 38.8 Å². The van der Waals surface area contributed by atoms with Crippen molar-refractivity contribution < 1.29 is 34.1 Å². The van der Waals surface area contributed by atoms with Gasteiger partial charge in [0.05, 0.1) is 21.3 Å². The average molecular weight is 612 g/mol. The Morgan fingerprint density at radius 3 is 2.32 bits per heavy atom. The number of amides is 1. The molecule has 1 amide bonds. The van der Waals surface area contributed by atoms with Crippen LogP contribution in [0.2, 0.25) is 0 Å². The van der Waals surface area contributed by atoms with E-state index in [2.05, 4.69) is 5.32 Å². The summed E-state index contributed by atoms with van der Waals surface area (Å²) in [6, 6.07) is 17.3. The molecule has 0 fully saturated rings. The molecule has 0 aliphatic carbocycles. The molecule has 0 saturated heterocycles. The Hall–Kier alpha value is -4.37. The SMILES string of the molecule is CCOc1cc(/C=C(/C#N)C(=O)Nc2cccc(C(=O)O)c2)cc(I)c1OCc1cccc(C(=O)O)c1. The molecule has 0 bridgehead atoms. The van der Waals surface area contributed by atoms with Gasteiger partial charge in [-0.1, -0.05) is 18.2 Å². The molecule has 188 valence electrons. The first-order valence-corrected chi connectivity index (χ1v) is 12.0. The van der Waals surface area contributed by atoms with Gasteiger partial charge in [-0.3, -0.25) is 4.79 Å². The molecule has 9 nitrogen and oxygen atoms in total. The number of halogens is 1. The highest BCUT2D eigenvalue weighted by Gasteiger charge is 2.16. The molecule has 0 radical (unpaired) electrons. The largest absolute Gasteiger partial charge is 0.490 e. The number of rotatable bonds is 10. The van der Waals surface area contributed by atoms with Crippen LogP contribution in [-0.4, -0.2) is 34.7 Å². The molecule has 0 aromatic heterocycles. The van der Waals surface area contributed by atoms with Crippen molar-refractivity contribution in [1.29, 1.82) is 5.26 Å². The van der Waals surface area contributed by atoms with E-state index in [0.29, 0.717) is 32.8 Å². The molecule has 3 aromatic rings. The molecule has 0 saturated carbocycles. The van der Waals surface area contributed by atoms with Gasteiger partial charge in [0.25, 0.3) is 5.91 Å². The van der Waals surface area contributed by atoms with Crippen molar-refractivity contribution in [3.8, 4) is 17.6 Å². The summed E-state index contributed by atoms with van der Waals surface area (Å²) in [6.07, 6.45) is 1.39. The first-order chi connectivity index (χ1) is 17.7. The van der Waals surface area contributed by atoms with Gasteiger partial charge < -0.3 is 25.0 Å². The van der Waals surface area contributed by atoms with Crippen LogP contribution in [-0.2, 0) is 11.4 Å². The highest BCUT2D eigenvalue weighted by molar-refractivity contribution is 14.1. The third-order valence-corrected chi connectivity index (χ3v) is 5.73. The van der Waals surface area contributed by atoms with Crippen LogP contribution in [0.25, 0.3) is 6.08 Å². The molecule has 37 heavy (non-hydrogen) atoms. The molecule has 10 heteroatoms. The summed E-state index contributed by atoms with van der Waals surface area (Å²) >= 11 is 2.05. The Kier molecular flexibility index (Phi) is 9.23. The number of nitriles is 1. The van der Waals surface area contributed by atoms with Gasteiger partial charge in [-0.15, -0.1) is 0 Å². The average Bonchev–Trinajstić information content (AvgIpc) is 2.87. The van der Waals surface area contributed by atoms with Crippen molar-refractivity contribution in [2.75, 3.05) is 11.9 Å². The third kappa shape index (κ3) is 7.31. The van der Waals surface area contributed by atoms with Crippen LogP contribution in [0, 0.1) is 14.9 Å². The van der Waals surface area contributed by atoms with Gasteiger partial charge in [-0.25, -0.2) is 9.59 Å². The van der Waals surface area contributed by atoms with Crippen molar-refractivity contribution in [1.82, 2.24) is 0 Å². The Morgan fingerprint density at radius 1 is 1.00 bits per heavy atom. The molecule has 0 heterocycles. The summed E-state index contributed by atoms with van der Waals surface area (Å²) in [5, 5.41) is 30.4. The van der Waals surface area contributed by atoms with Crippen LogP contribution in [0.4, 0.5) is 5.69 Å². The zero-order valence-electron chi connectivity index (χ0n) is 19.5. The molecule has 3 aromatic carbocycles. The Morgan fingerprint density at radius 2 is 1.68 bits per heavy atom. The number of aromatic carboxylic acids is 2. The normalized spacial score (nSPS) is 10.8. The van der Waals surface area contributed by atoms with Crippen LogP contribution < -0.4 is 14.8 Å². The summed E-state index contributed by atoms with van der Waals surface area (Å²) in [5.74, 6) is -2.04. The predicted octanol–water partition coefficient (Wildman–Crippen LogP) is 5.21. The number of carbonyl (C=O) groups is 3. The minimum Gasteiger partial charge on any atom is -0.490 e. The summed E-state index contributed by atoms with van der Waals surface area (Å²) in [4.78, 5) is 35.1. The number of nitrogens with one attached hydrogen (secondary N) is 1. The van der Waals surface area contributed by atoms with Gasteiger partial charge in [0.15, 0.2) is 11.5 Å². The zero-order valence-corrected chi connectivity index (χ0v) is 21.7. The van der Waals surface area contributed by atoms with E-state index in [4.69, 9.17) is 14.6 Å². The van der Waals surface area contributed by atoms with Gasteiger partial charge in [-0.2, -0.15) is 5.26 Å². The molecule has 0 aliphatic heterocycles. The smallest absolute Gasteiger partial charge is 0.335 e. The maximum absolute atomic E-state index is 12.7. The van der Waals surface area contributed by atoms with Crippen molar-refractivity contribution in [2.45, 2.75) is 13.5 Å². The minimum atomic E-state index is -1.14. The maximum Gasteiger partial charge on any atom is 0.335 e. The van der Waals surface area contributed by atoms with Crippen molar-refractivity contribution in [3.05, 3.63) is 92.1 Å². The fourth-order valence-corrected chi connectivity index (χ4v) is 4.05. The van der Waals surface area contributed by atoms with E-state index in [1.807, 2.05) is 28.7 Å². The highest BCUT2D eigenvalue weighted by Crippen LogP contribution is 2.35. The fourth-order valence-electron chi connectivity index (χ4n) is 3.27. The van der Waals surface area contributed by atoms with E-state index in [9.17, 15) is 24.8 Å². The predicted molar refractivity (Wildman–Crippen MR) is 144 cm³/mol. The second-order valence-electron chi connectivity index (χ2n) is 7.57. The molecule has 0 spiro atoms. The molecule has 3 rings (SSSR count). The number of anilines is 1. The summed E-state index contributed by atoms with van der Waals surface area (Å²) in [7, 11) is 0. The van der Waals surface area contributed by atoms with E-state index < -0.39 is 17.8 Å². The maximum atomic E-state index is 12.7. The van der Waals surface area contributed by atoms with Gasteiger partial charge in [0, 0.05) is 5.69 Å². The van der Waals surface area contributed by atoms with Gasteiger partial charge in [0.1, 0.15) is 18.2 Å². The number of nitrogens with zero attached hydrogens (tertiary/aromatic N) is 1. The number of carboxylic acids is 2. The van der Waals surface area contributed by atoms with E-state index in [1.54, 1.807) is 31.2 Å². The van der Waals surface area contributed by atoms with E-state index in [1.165, 1.54) is 42.5 Å². The van der Waals surface area contributed by atoms with Crippen LogP contribution in [0.15, 0.2) is 66.2 Å². The second-order valence-corrected chi connectivity index (χ2v) is 8.73. The van der Waals surface area contributed by atoms with Gasteiger partial charge in [0.2, 0.25) is 0 Å². The third-order valence-electron chi connectivity index (χ3n) is 4.93. The molecule has 0 unspecified atom stereocenters. The molecular weight excluding hydrogens is 591 g/mol. The lowest BCUT2D eigenvalue weighted by Crippen LogP contribution is -2.14. The number of benzene rings is 3. The topological polar surface area (TPSA) is 146 Å². The molecule has 0 atom stereocenters. The van der Waals surface area contributed by atoms with Crippen LogP contribution in [0.5, 0.6) is 11.5 Å². The quantitative estimate of drug-likeness (QED) is 0.161. The van der Waals surface area contributed by atoms with Crippen LogP contribution in [0.3, 0.4) is 0 Å². The van der Waals surface area contributed by atoms with Crippen molar-refractivity contribution in [2.24, 2.45) is 0 Å². The second kappa shape index (κ2) is 12.5. The Balaban J connectivity index is 1.85. The fraction of sp³-hybridized carbons (Fsp3) is 0.111. The minimum absolute atomic E-state index is 0.00136. The number of carbonyl (C=O) groups excluding carboxylic acids is 1. The van der Waals surface area contributed by atoms with E-state index in [-0.39, 0.29) is 29.0 Å². The monoisotopic (exact) mass is 612 g/mol. The Labute approximate surface area is 226 Å². The lowest BCUT2D eigenvalue weighted by Gasteiger charge is -2.15. The number of hydrogen-bond donors (Lipinski definition) is 3. The van der Waals surface area contributed by atoms with Gasteiger partial charge >= 0.3 is 11.9 Å². The standard InChI is InChI=1S/C27H21IN2O7/c1-2-36-23-12-17(10-20(14-29)25(31)30-21-8-4-7-19(13-21)27(34)35)11-22(28)24(23)37-15-16-5-3-6-18(9-16)26(32)33/h3-13H,2,15H2,1H3,(H,30,31)(H,32,33)(H,34,35)/b20-10-. The van der Waals surface area contributed by atoms with Gasteiger partial charge in [-0.05, 0) is 89.2 Å². The number of ether oxygens (including phenoxy) is 2. The van der Waals surface area contributed by atoms with E-state index in [0.717, 1.165) is 0 Å². The van der Waals surface area contributed by atoms with Crippen molar-refractivity contribution >= 4 is 52.2 Å². The summed E-state index contributed by atoms with van der Waals surface area (Å²) in [5.41, 5.74) is 1.38. The summed E-state index contributed by atoms with van der Waals surface area (Å²) in [6.45, 7) is 2.24. The lowest BCUT2D eigenvalue weighted by molar-refractivity contribution is -0.112. The highest BCUT2D eigenvalue weighted by atomic mass is 127. The summed E-state index contributed by atoms with van der Waals surface area (Å²) < 4.78 is 12.3. The zero-order chi connectivity index (χ0) is 26.9. The molecule has 3 N–H and O–H groups in total. The van der Waals surface area contributed by atoms with E-state index >= 15 is 0 Å². The first-order valence-electron chi connectivity index (χ1n) is 10.9. The molecular formula is C27H21IN2O7. The first kappa shape index (κ1) is 27.2. The van der Waals surface area contributed by atoms with Crippen molar-refractivity contribution in [3.63, 3.8) is 0 Å². The lowest BCUT2D eigenvalue weighted by atomic mass is 10.1. The number of hydrogen-bond acceptors (Lipinski definition) is 6. The van der Waals surface area contributed by atoms with Crippen LogP contribution >= 0.6 is 22.6 Å². The number of carboxylic acid groups (broad SMARTS) is 2. The molecule has 0 aliphatic rings.